The van der Waals surface area contributed by atoms with Crippen LogP contribution < -0.4 is 11.1 Å². The van der Waals surface area contributed by atoms with Gasteiger partial charge in [0.1, 0.15) is 0 Å². The van der Waals surface area contributed by atoms with Crippen LogP contribution in [0.3, 0.4) is 0 Å². The first-order valence-electron chi connectivity index (χ1n) is 9.26. The van der Waals surface area contributed by atoms with Crippen LogP contribution in [0.25, 0.3) is 11.3 Å². The van der Waals surface area contributed by atoms with Gasteiger partial charge in [-0.1, -0.05) is 43.2 Å². The number of amides is 1. The highest BCUT2D eigenvalue weighted by Crippen LogP contribution is 2.24. The Morgan fingerprint density at radius 3 is 2.67 bits per heavy atom. The average Bonchev–Trinajstić information content (AvgIpc) is 3.12. The van der Waals surface area contributed by atoms with E-state index in [2.05, 4.69) is 10.3 Å². The number of carbonyl (C=O) groups is 1. The smallest absolute Gasteiger partial charge is 0.220 e. The molecule has 1 fully saturated rings. The number of aryl methyl sites for hydroxylation is 1. The zero-order valence-electron chi connectivity index (χ0n) is 15.4. The highest BCUT2D eigenvalue weighted by atomic mass is 35.5. The second kappa shape index (κ2) is 12.0. The van der Waals surface area contributed by atoms with Crippen molar-refractivity contribution in [1.82, 2.24) is 10.3 Å². The van der Waals surface area contributed by atoms with E-state index < -0.39 is 0 Å². The van der Waals surface area contributed by atoms with Crippen LogP contribution in [0.5, 0.6) is 0 Å². The summed E-state index contributed by atoms with van der Waals surface area (Å²) in [5.74, 6) is 2.00. The number of aromatic nitrogens is 1. The van der Waals surface area contributed by atoms with E-state index in [1.54, 1.807) is 6.20 Å². The van der Waals surface area contributed by atoms with Gasteiger partial charge in [-0.3, -0.25) is 4.79 Å². The molecule has 2 atom stereocenters. The van der Waals surface area contributed by atoms with Gasteiger partial charge in [0, 0.05) is 24.4 Å². The Balaban J connectivity index is 0.00000182. The minimum Gasteiger partial charge on any atom is -0.441 e. The van der Waals surface area contributed by atoms with Crippen LogP contribution >= 0.6 is 24.8 Å². The Hall–Kier alpha value is -1.56. The number of rotatable bonds is 7. The first kappa shape index (κ1) is 23.5. The molecular formula is C20H29Cl2N3O2. The van der Waals surface area contributed by atoms with Crippen molar-refractivity contribution < 1.29 is 9.21 Å². The minimum atomic E-state index is 0. The van der Waals surface area contributed by atoms with Crippen molar-refractivity contribution in [2.45, 2.75) is 51.0 Å². The van der Waals surface area contributed by atoms with Gasteiger partial charge < -0.3 is 15.5 Å². The maximum absolute atomic E-state index is 12.2. The molecule has 1 aliphatic carbocycles. The van der Waals surface area contributed by atoms with Crippen LogP contribution in [0.2, 0.25) is 0 Å². The van der Waals surface area contributed by atoms with Gasteiger partial charge in [0.2, 0.25) is 5.91 Å². The fourth-order valence-corrected chi connectivity index (χ4v) is 3.52. The van der Waals surface area contributed by atoms with E-state index in [-0.39, 0.29) is 36.8 Å². The van der Waals surface area contributed by atoms with Gasteiger partial charge in [0.15, 0.2) is 11.7 Å². The fraction of sp³-hybridized carbons (Fsp3) is 0.500. The zero-order valence-corrected chi connectivity index (χ0v) is 17.1. The predicted molar refractivity (Wildman–Crippen MR) is 112 cm³/mol. The lowest BCUT2D eigenvalue weighted by Crippen LogP contribution is -2.44. The van der Waals surface area contributed by atoms with Crippen LogP contribution in [0.1, 0.15) is 44.4 Å². The molecule has 1 heterocycles. The van der Waals surface area contributed by atoms with Crippen LogP contribution in [0.15, 0.2) is 40.9 Å². The number of benzene rings is 1. The van der Waals surface area contributed by atoms with Crippen molar-refractivity contribution in [3.8, 4) is 11.3 Å². The number of hydrogen-bond acceptors (Lipinski definition) is 4. The largest absolute Gasteiger partial charge is 0.441 e. The molecular weight excluding hydrogens is 385 g/mol. The summed E-state index contributed by atoms with van der Waals surface area (Å²) < 4.78 is 5.78. The normalized spacial score (nSPS) is 18.9. The molecule has 1 aromatic carbocycles. The molecule has 2 unspecified atom stereocenters. The lowest BCUT2D eigenvalue weighted by atomic mass is 9.84. The minimum absolute atomic E-state index is 0. The highest BCUT2D eigenvalue weighted by Gasteiger charge is 2.25. The number of nitrogens with one attached hydrogen (secondary N) is 1. The van der Waals surface area contributed by atoms with Crippen LogP contribution in [-0.4, -0.2) is 23.5 Å². The second-order valence-corrected chi connectivity index (χ2v) is 6.79. The number of nitrogens with two attached hydrogens (primary N) is 1. The summed E-state index contributed by atoms with van der Waals surface area (Å²) in [5.41, 5.74) is 6.84. The van der Waals surface area contributed by atoms with Gasteiger partial charge in [-0.15, -0.1) is 24.8 Å². The Bertz CT molecular complexity index is 679. The Morgan fingerprint density at radius 2 is 1.93 bits per heavy atom. The quantitative estimate of drug-likeness (QED) is 0.714. The van der Waals surface area contributed by atoms with Crippen molar-refractivity contribution in [3.63, 3.8) is 0 Å². The van der Waals surface area contributed by atoms with E-state index in [1.807, 2.05) is 30.3 Å². The molecule has 3 N–H and O–H groups in total. The molecule has 0 radical (unpaired) electrons. The summed E-state index contributed by atoms with van der Waals surface area (Å²) in [7, 11) is 0. The number of halogens is 2. The van der Waals surface area contributed by atoms with Crippen molar-refractivity contribution in [2.75, 3.05) is 6.54 Å². The van der Waals surface area contributed by atoms with Gasteiger partial charge in [-0.05, 0) is 31.7 Å². The topological polar surface area (TPSA) is 81.1 Å². The highest BCUT2D eigenvalue weighted by molar-refractivity contribution is 5.85. The van der Waals surface area contributed by atoms with Crippen molar-refractivity contribution in [1.29, 1.82) is 0 Å². The Labute approximate surface area is 173 Å². The molecule has 5 nitrogen and oxygen atoms in total. The van der Waals surface area contributed by atoms with Crippen molar-refractivity contribution in [3.05, 3.63) is 42.4 Å². The first-order valence-corrected chi connectivity index (χ1v) is 9.26. The predicted octanol–water partition coefficient (Wildman–Crippen LogP) is 4.14. The van der Waals surface area contributed by atoms with E-state index in [4.69, 9.17) is 10.2 Å². The molecule has 1 amide bonds. The van der Waals surface area contributed by atoms with Crippen LogP contribution in [0, 0.1) is 5.92 Å². The van der Waals surface area contributed by atoms with E-state index >= 15 is 0 Å². The maximum Gasteiger partial charge on any atom is 0.220 e. The molecule has 0 spiro atoms. The fourth-order valence-electron chi connectivity index (χ4n) is 3.52. The molecule has 150 valence electrons. The van der Waals surface area contributed by atoms with Gasteiger partial charge in [-0.25, -0.2) is 4.98 Å². The third kappa shape index (κ3) is 6.83. The Kier molecular flexibility index (Phi) is 10.4. The average molecular weight is 414 g/mol. The molecule has 7 heteroatoms. The third-order valence-corrected chi connectivity index (χ3v) is 4.96. The molecule has 1 aromatic heterocycles. The van der Waals surface area contributed by atoms with Gasteiger partial charge in [-0.2, -0.15) is 0 Å². The summed E-state index contributed by atoms with van der Waals surface area (Å²) in [5, 5.41) is 3.17. The second-order valence-electron chi connectivity index (χ2n) is 6.79. The third-order valence-electron chi connectivity index (χ3n) is 4.96. The molecule has 3 rings (SSSR count). The SMILES string of the molecule is Cl.Cl.NCC1CCCCC1NC(=O)CCCc1ncc(-c2ccccc2)o1. The van der Waals surface area contributed by atoms with E-state index in [1.165, 1.54) is 12.8 Å². The molecule has 1 saturated carbocycles. The summed E-state index contributed by atoms with van der Waals surface area (Å²) in [6, 6.07) is 10.2. The van der Waals surface area contributed by atoms with Gasteiger partial charge >= 0.3 is 0 Å². The van der Waals surface area contributed by atoms with Crippen molar-refractivity contribution in [2.24, 2.45) is 11.7 Å². The number of oxazole rings is 1. The number of nitrogens with zero attached hydrogens (tertiary/aromatic N) is 1. The number of carbonyl (C=O) groups excluding carboxylic acids is 1. The Morgan fingerprint density at radius 1 is 1.19 bits per heavy atom. The van der Waals surface area contributed by atoms with E-state index in [0.29, 0.717) is 31.2 Å². The summed E-state index contributed by atoms with van der Waals surface area (Å²) in [6.07, 6.45) is 8.23. The van der Waals surface area contributed by atoms with E-state index in [0.717, 1.165) is 30.6 Å². The zero-order chi connectivity index (χ0) is 17.5. The lowest BCUT2D eigenvalue weighted by Gasteiger charge is -2.31. The monoisotopic (exact) mass is 413 g/mol. The first-order chi connectivity index (χ1) is 12.3. The molecule has 0 aliphatic heterocycles. The standard InChI is InChI=1S/C20H27N3O2.2ClH/c21-13-16-9-4-5-10-17(16)23-19(24)11-6-12-20-22-14-18(25-20)15-7-2-1-3-8-15;;/h1-3,7-8,14,16-17H,4-6,9-13,21H2,(H,23,24);2*1H. The molecule has 27 heavy (non-hydrogen) atoms. The van der Waals surface area contributed by atoms with Gasteiger partial charge in [0.25, 0.3) is 0 Å². The van der Waals surface area contributed by atoms with Crippen LogP contribution in [0.4, 0.5) is 0 Å². The lowest BCUT2D eigenvalue weighted by molar-refractivity contribution is -0.122. The van der Waals surface area contributed by atoms with Crippen LogP contribution in [-0.2, 0) is 11.2 Å². The van der Waals surface area contributed by atoms with Gasteiger partial charge in [0.05, 0.1) is 6.20 Å². The summed E-state index contributed by atoms with van der Waals surface area (Å²) in [4.78, 5) is 16.5. The molecule has 0 saturated heterocycles. The molecule has 0 bridgehead atoms. The van der Waals surface area contributed by atoms with E-state index in [9.17, 15) is 4.79 Å². The van der Waals surface area contributed by atoms with Crippen molar-refractivity contribution >= 4 is 30.7 Å². The summed E-state index contributed by atoms with van der Waals surface area (Å²) >= 11 is 0. The molecule has 1 aliphatic rings. The maximum atomic E-state index is 12.2. The summed E-state index contributed by atoms with van der Waals surface area (Å²) in [6.45, 7) is 0.656. The number of hydrogen-bond donors (Lipinski definition) is 2. The molecule has 2 aromatic rings.